The fourth-order valence-electron chi connectivity index (χ4n) is 1.41. The summed E-state index contributed by atoms with van der Waals surface area (Å²) >= 11 is 0. The molecule has 0 aliphatic carbocycles. The van der Waals surface area contributed by atoms with Crippen LogP contribution in [0.3, 0.4) is 0 Å². The number of hydrogen-bond donors (Lipinski definition) is 2. The lowest BCUT2D eigenvalue weighted by Crippen LogP contribution is -2.58. The molecule has 1 aliphatic heterocycles. The molecular weight excluding hydrogens is 178 g/mol. The number of hydrogen-bond acceptors (Lipinski definition) is 2. The molecule has 14 heavy (non-hydrogen) atoms. The minimum Gasteiger partial charge on any atom is -0.338 e. The molecule has 1 aliphatic rings. The lowest BCUT2D eigenvalue weighted by molar-refractivity contribution is 0.108. The number of nitrogens with two attached hydrogens (primary N) is 1. The van der Waals surface area contributed by atoms with Gasteiger partial charge in [0.25, 0.3) is 0 Å². The second-order valence-corrected chi connectivity index (χ2v) is 4.60. The number of nitrogens with zero attached hydrogens (tertiary/aromatic N) is 1. The summed E-state index contributed by atoms with van der Waals surface area (Å²) in [6.07, 6.45) is 0. The number of carbonyl (C=O) groups excluding carboxylic acids is 1. The Bertz CT molecular complexity index is 198. The first-order chi connectivity index (χ1) is 6.50. The first-order valence-corrected chi connectivity index (χ1v) is 5.29. The average molecular weight is 199 g/mol. The molecule has 1 heterocycles. The Morgan fingerprint density at radius 3 is 2.50 bits per heavy atom. The second-order valence-electron chi connectivity index (χ2n) is 4.60. The van der Waals surface area contributed by atoms with Gasteiger partial charge in [0.15, 0.2) is 0 Å². The third-order valence-electron chi connectivity index (χ3n) is 2.60. The highest BCUT2D eigenvalue weighted by atomic mass is 16.2. The van der Waals surface area contributed by atoms with E-state index in [-0.39, 0.29) is 12.1 Å². The standard InChI is InChI=1S/C10H21N3O/c1-7(2)4-12-10(14)13-5-9(6-13)8(3)11/h7-9H,4-6,11H2,1-3H3,(H,12,14). The predicted molar refractivity (Wildman–Crippen MR) is 56.9 cm³/mol. The smallest absolute Gasteiger partial charge is 0.317 e. The third kappa shape index (κ3) is 2.87. The number of nitrogens with one attached hydrogen (secondary N) is 1. The maximum absolute atomic E-state index is 11.5. The van der Waals surface area contributed by atoms with Gasteiger partial charge in [-0.15, -0.1) is 0 Å². The van der Waals surface area contributed by atoms with Gasteiger partial charge in [-0.2, -0.15) is 0 Å². The van der Waals surface area contributed by atoms with E-state index in [2.05, 4.69) is 19.2 Å². The van der Waals surface area contributed by atoms with Crippen LogP contribution in [0.2, 0.25) is 0 Å². The van der Waals surface area contributed by atoms with Gasteiger partial charge in [0.1, 0.15) is 0 Å². The zero-order valence-corrected chi connectivity index (χ0v) is 9.29. The zero-order valence-electron chi connectivity index (χ0n) is 9.29. The molecule has 0 saturated carbocycles. The molecule has 1 atom stereocenters. The van der Waals surface area contributed by atoms with E-state index in [1.807, 2.05) is 11.8 Å². The largest absolute Gasteiger partial charge is 0.338 e. The van der Waals surface area contributed by atoms with Gasteiger partial charge in [-0.1, -0.05) is 13.8 Å². The Labute approximate surface area is 85.8 Å². The summed E-state index contributed by atoms with van der Waals surface area (Å²) < 4.78 is 0. The third-order valence-corrected chi connectivity index (χ3v) is 2.60. The van der Waals surface area contributed by atoms with E-state index in [4.69, 9.17) is 5.73 Å². The van der Waals surface area contributed by atoms with Crippen LogP contribution in [0, 0.1) is 11.8 Å². The van der Waals surface area contributed by atoms with Gasteiger partial charge in [-0.05, 0) is 12.8 Å². The molecule has 0 spiro atoms. The topological polar surface area (TPSA) is 58.4 Å². The molecule has 0 aromatic rings. The minimum absolute atomic E-state index is 0.0515. The minimum atomic E-state index is 0.0515. The molecule has 0 bridgehead atoms. The predicted octanol–water partition coefficient (Wildman–Crippen LogP) is 0.631. The van der Waals surface area contributed by atoms with Crippen LogP contribution in [0.25, 0.3) is 0 Å². The van der Waals surface area contributed by atoms with Gasteiger partial charge in [0.2, 0.25) is 0 Å². The van der Waals surface area contributed by atoms with Gasteiger partial charge >= 0.3 is 6.03 Å². The SMILES string of the molecule is CC(C)CNC(=O)N1CC(C(C)N)C1. The highest BCUT2D eigenvalue weighted by Crippen LogP contribution is 2.17. The van der Waals surface area contributed by atoms with E-state index >= 15 is 0 Å². The molecule has 2 amide bonds. The van der Waals surface area contributed by atoms with Gasteiger partial charge in [-0.25, -0.2) is 4.79 Å². The van der Waals surface area contributed by atoms with Crippen LogP contribution < -0.4 is 11.1 Å². The van der Waals surface area contributed by atoms with Gasteiger partial charge in [-0.3, -0.25) is 0 Å². The number of carbonyl (C=O) groups is 1. The zero-order chi connectivity index (χ0) is 10.7. The summed E-state index contributed by atoms with van der Waals surface area (Å²) in [4.78, 5) is 13.3. The lowest BCUT2D eigenvalue weighted by atomic mass is 9.94. The summed E-state index contributed by atoms with van der Waals surface area (Å²) in [5.74, 6) is 0.990. The highest BCUT2D eigenvalue weighted by molar-refractivity contribution is 5.75. The van der Waals surface area contributed by atoms with Crippen molar-refractivity contribution in [3.8, 4) is 0 Å². The molecule has 1 unspecified atom stereocenters. The molecular formula is C10H21N3O. The quantitative estimate of drug-likeness (QED) is 0.700. The molecule has 0 aromatic heterocycles. The lowest BCUT2D eigenvalue weighted by Gasteiger charge is -2.41. The van der Waals surface area contributed by atoms with E-state index in [1.54, 1.807) is 0 Å². The fourth-order valence-corrected chi connectivity index (χ4v) is 1.41. The van der Waals surface area contributed by atoms with Crippen molar-refractivity contribution in [2.45, 2.75) is 26.8 Å². The van der Waals surface area contributed by atoms with Crippen molar-refractivity contribution in [2.24, 2.45) is 17.6 Å². The van der Waals surface area contributed by atoms with Gasteiger partial charge < -0.3 is 16.0 Å². The van der Waals surface area contributed by atoms with E-state index in [0.29, 0.717) is 11.8 Å². The van der Waals surface area contributed by atoms with E-state index in [1.165, 1.54) is 0 Å². The first kappa shape index (κ1) is 11.3. The Morgan fingerprint density at radius 1 is 1.50 bits per heavy atom. The molecule has 82 valence electrons. The van der Waals surface area contributed by atoms with Crippen LogP contribution in [0.4, 0.5) is 4.79 Å². The van der Waals surface area contributed by atoms with Crippen LogP contribution in [0.15, 0.2) is 0 Å². The number of rotatable bonds is 3. The Balaban J connectivity index is 2.16. The number of likely N-dealkylation sites (tertiary alicyclic amines) is 1. The van der Waals surface area contributed by atoms with Crippen LogP contribution in [0.5, 0.6) is 0 Å². The Morgan fingerprint density at radius 2 is 2.07 bits per heavy atom. The molecule has 4 heteroatoms. The summed E-state index contributed by atoms with van der Waals surface area (Å²) in [5.41, 5.74) is 5.72. The van der Waals surface area contributed by atoms with Crippen molar-refractivity contribution in [1.82, 2.24) is 10.2 Å². The molecule has 0 radical (unpaired) electrons. The summed E-state index contributed by atoms with van der Waals surface area (Å²) in [6, 6.07) is 0.250. The summed E-state index contributed by atoms with van der Waals surface area (Å²) in [7, 11) is 0. The first-order valence-electron chi connectivity index (χ1n) is 5.29. The molecule has 1 fully saturated rings. The van der Waals surface area contributed by atoms with Crippen molar-refractivity contribution < 1.29 is 4.79 Å². The maximum Gasteiger partial charge on any atom is 0.317 e. The molecule has 4 nitrogen and oxygen atoms in total. The van der Waals surface area contributed by atoms with Crippen molar-refractivity contribution in [1.29, 1.82) is 0 Å². The van der Waals surface area contributed by atoms with Crippen LogP contribution in [-0.2, 0) is 0 Å². The highest BCUT2D eigenvalue weighted by Gasteiger charge is 2.32. The van der Waals surface area contributed by atoms with Crippen LogP contribution in [-0.4, -0.2) is 36.6 Å². The van der Waals surface area contributed by atoms with Gasteiger partial charge in [0.05, 0.1) is 0 Å². The van der Waals surface area contributed by atoms with E-state index in [9.17, 15) is 4.79 Å². The Hall–Kier alpha value is -0.770. The summed E-state index contributed by atoms with van der Waals surface area (Å²) in [6.45, 7) is 8.53. The van der Waals surface area contributed by atoms with E-state index in [0.717, 1.165) is 19.6 Å². The normalized spacial score (nSPS) is 19.4. The van der Waals surface area contributed by atoms with Crippen molar-refractivity contribution in [2.75, 3.05) is 19.6 Å². The fraction of sp³-hybridized carbons (Fsp3) is 0.900. The van der Waals surface area contributed by atoms with Crippen molar-refractivity contribution >= 4 is 6.03 Å². The molecule has 0 aromatic carbocycles. The Kier molecular flexibility index (Phi) is 3.75. The van der Waals surface area contributed by atoms with Gasteiger partial charge in [0, 0.05) is 31.6 Å². The van der Waals surface area contributed by atoms with Crippen LogP contribution in [0.1, 0.15) is 20.8 Å². The molecule has 1 rings (SSSR count). The monoisotopic (exact) mass is 199 g/mol. The number of urea groups is 1. The molecule has 1 saturated heterocycles. The van der Waals surface area contributed by atoms with E-state index < -0.39 is 0 Å². The molecule has 3 N–H and O–H groups in total. The maximum atomic E-state index is 11.5. The number of amides is 2. The second kappa shape index (κ2) is 4.64. The van der Waals surface area contributed by atoms with Crippen molar-refractivity contribution in [3.05, 3.63) is 0 Å². The summed E-state index contributed by atoms with van der Waals surface area (Å²) in [5, 5.41) is 2.89. The van der Waals surface area contributed by atoms with Crippen LogP contribution >= 0.6 is 0 Å². The average Bonchev–Trinajstić information content (AvgIpc) is 1.97. The van der Waals surface area contributed by atoms with Crippen molar-refractivity contribution in [3.63, 3.8) is 0 Å².